The highest BCUT2D eigenvalue weighted by molar-refractivity contribution is 8.01. The van der Waals surface area contributed by atoms with E-state index in [0.717, 1.165) is 0 Å². The number of thioether (sulfide) groups is 1. The van der Waals surface area contributed by atoms with E-state index in [0.29, 0.717) is 0 Å². The van der Waals surface area contributed by atoms with E-state index in [1.165, 1.54) is 6.92 Å². The number of hydrogen-bond donors (Lipinski definition) is 1. The predicted octanol–water partition coefficient (Wildman–Crippen LogP) is 1.00. The van der Waals surface area contributed by atoms with Crippen molar-refractivity contribution < 1.29 is 21.6 Å². The number of alkyl halides is 3. The number of hydrogen-bond acceptors (Lipinski definition) is 4. The van der Waals surface area contributed by atoms with Crippen LogP contribution in [0.4, 0.5) is 13.2 Å². The third kappa shape index (κ3) is 5.71. The molecule has 0 aliphatic heterocycles. The minimum atomic E-state index is -4.37. The van der Waals surface area contributed by atoms with Crippen LogP contribution >= 0.6 is 11.8 Å². The molecule has 86 valence electrons. The topological polar surface area (TPSA) is 60.2 Å². The summed E-state index contributed by atoms with van der Waals surface area (Å²) in [5.74, 6) is -0.967. The molecule has 0 fully saturated rings. The van der Waals surface area contributed by atoms with Gasteiger partial charge < -0.3 is 5.73 Å². The van der Waals surface area contributed by atoms with Crippen molar-refractivity contribution in [1.82, 2.24) is 0 Å². The average Bonchev–Trinajstić information content (AvgIpc) is 2.00. The molecule has 14 heavy (non-hydrogen) atoms. The molecular formula is C6H12F3NO2S2. The quantitative estimate of drug-likeness (QED) is 0.792. The molecule has 0 saturated carbocycles. The maximum absolute atomic E-state index is 11.7. The second-order valence-corrected chi connectivity index (χ2v) is 6.41. The summed E-state index contributed by atoms with van der Waals surface area (Å²) in [5.41, 5.74) is 0.734. The highest BCUT2D eigenvalue weighted by Crippen LogP contribution is 2.30. The minimum absolute atomic E-state index is 0.0704. The van der Waals surface area contributed by atoms with Crippen molar-refractivity contribution in [2.45, 2.75) is 17.7 Å². The van der Waals surface area contributed by atoms with Gasteiger partial charge in [0.1, 0.15) is 0 Å². The average molecular weight is 251 g/mol. The second-order valence-electron chi connectivity index (χ2n) is 2.71. The Kier molecular flexibility index (Phi) is 5.24. The van der Waals surface area contributed by atoms with E-state index in [1.54, 1.807) is 0 Å². The van der Waals surface area contributed by atoms with Crippen LogP contribution in [0.15, 0.2) is 0 Å². The van der Waals surface area contributed by atoms with Crippen molar-refractivity contribution in [2.75, 3.05) is 18.1 Å². The van der Waals surface area contributed by atoms with E-state index < -0.39 is 32.1 Å². The molecular weight excluding hydrogens is 239 g/mol. The molecule has 0 aromatic heterocycles. The molecule has 0 spiro atoms. The Labute approximate surface area is 85.1 Å². The zero-order valence-corrected chi connectivity index (χ0v) is 9.18. The molecule has 0 aromatic rings. The molecule has 1 unspecified atom stereocenters. The highest BCUT2D eigenvalue weighted by atomic mass is 32.2. The molecule has 3 nitrogen and oxygen atoms in total. The molecule has 0 amide bonds. The van der Waals surface area contributed by atoms with E-state index >= 15 is 0 Å². The van der Waals surface area contributed by atoms with Gasteiger partial charge >= 0.3 is 5.51 Å². The molecule has 0 bridgehead atoms. The normalized spacial score (nSPS) is 15.5. The first kappa shape index (κ1) is 14.1. The molecule has 0 aromatic carbocycles. The van der Waals surface area contributed by atoms with E-state index in [2.05, 4.69) is 0 Å². The molecule has 0 heterocycles. The van der Waals surface area contributed by atoms with Gasteiger partial charge in [-0.15, -0.1) is 0 Å². The summed E-state index contributed by atoms with van der Waals surface area (Å²) in [6.07, 6.45) is 0. The van der Waals surface area contributed by atoms with Crippen LogP contribution in [-0.2, 0) is 9.84 Å². The number of nitrogens with two attached hydrogens (primary N) is 1. The number of rotatable bonds is 5. The zero-order valence-electron chi connectivity index (χ0n) is 7.54. The SMILES string of the molecule is CC(CN)S(=O)(=O)CCSC(F)(F)F. The lowest BCUT2D eigenvalue weighted by atomic mass is 10.5. The Hall–Kier alpha value is 0.0500. The van der Waals surface area contributed by atoms with E-state index in [-0.39, 0.29) is 18.3 Å². The maximum Gasteiger partial charge on any atom is 0.441 e. The lowest BCUT2D eigenvalue weighted by molar-refractivity contribution is -0.0326. The van der Waals surface area contributed by atoms with Crippen LogP contribution in [-0.4, -0.2) is 37.2 Å². The molecule has 0 radical (unpaired) electrons. The monoisotopic (exact) mass is 251 g/mol. The van der Waals surface area contributed by atoms with Crippen LogP contribution < -0.4 is 5.73 Å². The molecule has 1 atom stereocenters. The number of sulfone groups is 1. The summed E-state index contributed by atoms with van der Waals surface area (Å²) in [7, 11) is -3.48. The summed E-state index contributed by atoms with van der Waals surface area (Å²) in [6.45, 7) is 1.31. The zero-order chi connectivity index (χ0) is 11.4. The van der Waals surface area contributed by atoms with Crippen LogP contribution in [0, 0.1) is 0 Å². The summed E-state index contributed by atoms with van der Waals surface area (Å²) < 4.78 is 57.3. The predicted molar refractivity (Wildman–Crippen MR) is 50.8 cm³/mol. The Bertz CT molecular complexity index is 263. The van der Waals surface area contributed by atoms with Crippen molar-refractivity contribution in [3.8, 4) is 0 Å². The summed E-state index contributed by atoms with van der Waals surface area (Å²) in [5, 5.41) is -0.781. The highest BCUT2D eigenvalue weighted by Gasteiger charge is 2.29. The molecule has 0 saturated heterocycles. The van der Waals surface area contributed by atoms with Crippen LogP contribution in [0.2, 0.25) is 0 Å². The van der Waals surface area contributed by atoms with Gasteiger partial charge in [-0.3, -0.25) is 0 Å². The van der Waals surface area contributed by atoms with Gasteiger partial charge in [0.05, 0.1) is 11.0 Å². The number of halogens is 3. The van der Waals surface area contributed by atoms with Gasteiger partial charge in [-0.1, -0.05) is 0 Å². The third-order valence-electron chi connectivity index (χ3n) is 1.58. The fourth-order valence-electron chi connectivity index (χ4n) is 0.621. The van der Waals surface area contributed by atoms with Crippen molar-refractivity contribution in [2.24, 2.45) is 5.73 Å². The van der Waals surface area contributed by atoms with Crippen LogP contribution in [0.25, 0.3) is 0 Å². The van der Waals surface area contributed by atoms with Crippen LogP contribution in [0.3, 0.4) is 0 Å². The van der Waals surface area contributed by atoms with Crippen molar-refractivity contribution in [1.29, 1.82) is 0 Å². The molecule has 2 N–H and O–H groups in total. The lowest BCUT2D eigenvalue weighted by Gasteiger charge is -2.10. The first-order chi connectivity index (χ1) is 6.19. The third-order valence-corrected chi connectivity index (χ3v) is 4.76. The van der Waals surface area contributed by atoms with Crippen molar-refractivity contribution in [3.63, 3.8) is 0 Å². The van der Waals surface area contributed by atoms with Crippen LogP contribution in [0.5, 0.6) is 0 Å². The van der Waals surface area contributed by atoms with Gasteiger partial charge in [0.25, 0.3) is 0 Å². The first-order valence-electron chi connectivity index (χ1n) is 3.81. The molecule has 0 aliphatic carbocycles. The molecule has 8 heteroatoms. The Balaban J connectivity index is 4.02. The van der Waals surface area contributed by atoms with Crippen molar-refractivity contribution >= 4 is 21.6 Å². The fourth-order valence-corrected chi connectivity index (χ4v) is 2.81. The van der Waals surface area contributed by atoms with Crippen molar-refractivity contribution in [3.05, 3.63) is 0 Å². The Morgan fingerprint density at radius 3 is 2.29 bits per heavy atom. The van der Waals surface area contributed by atoms with Gasteiger partial charge in [0.2, 0.25) is 0 Å². The lowest BCUT2D eigenvalue weighted by Crippen LogP contribution is -2.29. The van der Waals surface area contributed by atoms with Crippen LogP contribution in [0.1, 0.15) is 6.92 Å². The standard InChI is InChI=1S/C6H12F3NO2S2/c1-5(4-10)14(11,12)3-2-13-6(7,8)9/h5H,2-4,10H2,1H3. The molecule has 0 rings (SSSR count). The van der Waals surface area contributed by atoms with Gasteiger partial charge in [-0.05, 0) is 18.7 Å². The molecule has 0 aliphatic rings. The summed E-state index contributed by atoms with van der Waals surface area (Å²) >= 11 is -0.332. The van der Waals surface area contributed by atoms with Gasteiger partial charge in [0.15, 0.2) is 9.84 Å². The van der Waals surface area contributed by atoms with Gasteiger partial charge in [0, 0.05) is 12.3 Å². The summed E-state index contributed by atoms with van der Waals surface area (Å²) in [6, 6.07) is 0. The largest absolute Gasteiger partial charge is 0.441 e. The fraction of sp³-hybridized carbons (Fsp3) is 1.00. The minimum Gasteiger partial charge on any atom is -0.329 e. The smallest absolute Gasteiger partial charge is 0.329 e. The van der Waals surface area contributed by atoms with E-state index in [4.69, 9.17) is 5.73 Å². The van der Waals surface area contributed by atoms with Gasteiger partial charge in [-0.25, -0.2) is 8.42 Å². The van der Waals surface area contributed by atoms with E-state index in [9.17, 15) is 21.6 Å². The Morgan fingerprint density at radius 1 is 1.43 bits per heavy atom. The Morgan fingerprint density at radius 2 is 1.93 bits per heavy atom. The second kappa shape index (κ2) is 5.22. The van der Waals surface area contributed by atoms with E-state index in [1.807, 2.05) is 0 Å². The first-order valence-corrected chi connectivity index (χ1v) is 6.51. The maximum atomic E-state index is 11.7. The summed E-state index contributed by atoms with van der Waals surface area (Å²) in [4.78, 5) is 0. The van der Waals surface area contributed by atoms with Gasteiger partial charge in [-0.2, -0.15) is 13.2 Å².